The number of Topliss-reactive ketones (excluding diaryl/α,β-unsaturated/α-hetero) is 1. The summed E-state index contributed by atoms with van der Waals surface area (Å²) in [7, 11) is -3.80. The van der Waals surface area contributed by atoms with E-state index in [1.165, 1.54) is 41.6 Å². The van der Waals surface area contributed by atoms with Gasteiger partial charge in [-0.2, -0.15) is 17.5 Å². The first-order valence-electron chi connectivity index (χ1n) is 9.53. The average Bonchev–Trinajstić information content (AvgIpc) is 2.77. The van der Waals surface area contributed by atoms with Gasteiger partial charge in [0.05, 0.1) is 16.2 Å². The maximum Gasteiger partial charge on any atom is 0.417 e. The lowest BCUT2D eigenvalue weighted by Gasteiger charge is -2.34. The molecule has 0 bridgehead atoms. The standard InChI is InChI=1S/C20H20F3N3O4S2/c1-14(27)31-13-18(28)15-2-5-17(6-3-15)32(29,30)26-10-8-25(9-11-26)19-7-4-16(12-24-19)20(21,22)23/h2-7,12H,8-11,13H2,1H3. The van der Waals surface area contributed by atoms with Crippen LogP contribution in [-0.4, -0.2) is 60.5 Å². The number of aromatic nitrogens is 1. The minimum absolute atomic E-state index is 0.0125. The molecule has 0 N–H and O–H groups in total. The smallest absolute Gasteiger partial charge is 0.354 e. The minimum atomic E-state index is -4.47. The molecule has 1 fully saturated rings. The van der Waals surface area contributed by atoms with E-state index in [9.17, 15) is 31.2 Å². The molecule has 1 aromatic carbocycles. The van der Waals surface area contributed by atoms with Crippen molar-refractivity contribution in [2.24, 2.45) is 0 Å². The van der Waals surface area contributed by atoms with Gasteiger partial charge in [0.15, 0.2) is 10.9 Å². The van der Waals surface area contributed by atoms with Crippen LogP contribution in [0.1, 0.15) is 22.8 Å². The van der Waals surface area contributed by atoms with Gasteiger partial charge in [-0.05, 0) is 24.3 Å². The molecule has 7 nitrogen and oxygen atoms in total. The number of carbonyl (C=O) groups is 2. The molecule has 1 aliphatic rings. The Hall–Kier alpha value is -2.44. The van der Waals surface area contributed by atoms with Crippen LogP contribution < -0.4 is 4.90 Å². The van der Waals surface area contributed by atoms with Gasteiger partial charge in [0.2, 0.25) is 10.0 Å². The SMILES string of the molecule is CC(=O)SCC(=O)c1ccc(S(=O)(=O)N2CCN(c3ccc(C(F)(F)F)cn3)CC2)cc1. The van der Waals surface area contributed by atoms with Crippen molar-refractivity contribution in [2.45, 2.75) is 18.0 Å². The Morgan fingerprint density at radius 2 is 1.66 bits per heavy atom. The number of anilines is 1. The quantitative estimate of drug-likeness (QED) is 0.579. The third-order valence-electron chi connectivity index (χ3n) is 4.86. The van der Waals surface area contributed by atoms with Crippen LogP contribution >= 0.6 is 11.8 Å². The Kier molecular flexibility index (Phi) is 7.25. The van der Waals surface area contributed by atoms with E-state index in [0.717, 1.165) is 24.0 Å². The normalized spacial score (nSPS) is 15.6. The Bertz CT molecular complexity index is 1080. The van der Waals surface area contributed by atoms with Gasteiger partial charge in [-0.3, -0.25) is 9.59 Å². The van der Waals surface area contributed by atoms with Gasteiger partial charge < -0.3 is 4.90 Å². The second-order valence-corrected chi connectivity index (χ2v) is 10.1. The van der Waals surface area contributed by atoms with E-state index in [2.05, 4.69) is 4.98 Å². The van der Waals surface area contributed by atoms with Crippen LogP contribution in [0.15, 0.2) is 47.5 Å². The van der Waals surface area contributed by atoms with Crippen molar-refractivity contribution in [3.05, 3.63) is 53.7 Å². The maximum absolute atomic E-state index is 12.9. The molecule has 0 aliphatic carbocycles. The molecule has 1 saturated heterocycles. The zero-order valence-electron chi connectivity index (χ0n) is 17.0. The molecule has 3 rings (SSSR count). The molecule has 0 saturated carbocycles. The lowest BCUT2D eigenvalue weighted by molar-refractivity contribution is -0.137. The predicted molar refractivity (Wildman–Crippen MR) is 114 cm³/mol. The number of thioether (sulfide) groups is 1. The number of nitrogens with zero attached hydrogens (tertiary/aromatic N) is 3. The molecule has 1 aromatic heterocycles. The van der Waals surface area contributed by atoms with Gasteiger partial charge in [-0.1, -0.05) is 23.9 Å². The molecule has 2 aromatic rings. The van der Waals surface area contributed by atoms with E-state index in [1.807, 2.05) is 0 Å². The van der Waals surface area contributed by atoms with Crippen molar-refractivity contribution in [1.29, 1.82) is 0 Å². The number of ketones is 1. The summed E-state index contributed by atoms with van der Waals surface area (Å²) in [4.78, 5) is 28.6. The number of pyridine rings is 1. The molecule has 0 unspecified atom stereocenters. The third-order valence-corrected chi connectivity index (χ3v) is 7.58. The summed E-state index contributed by atoms with van der Waals surface area (Å²) in [6.07, 6.45) is -3.71. The summed E-state index contributed by atoms with van der Waals surface area (Å²) in [5.41, 5.74) is -0.528. The van der Waals surface area contributed by atoms with E-state index in [1.54, 1.807) is 4.90 Å². The number of hydrogen-bond acceptors (Lipinski definition) is 7. The fourth-order valence-electron chi connectivity index (χ4n) is 3.11. The first-order chi connectivity index (χ1) is 15.0. The Balaban J connectivity index is 1.63. The van der Waals surface area contributed by atoms with Crippen LogP contribution in [0, 0.1) is 0 Å². The van der Waals surface area contributed by atoms with Crippen LogP contribution in [0.2, 0.25) is 0 Å². The molecule has 0 radical (unpaired) electrons. The van der Waals surface area contributed by atoms with Crippen molar-refractivity contribution in [3.63, 3.8) is 0 Å². The fraction of sp³-hybridized carbons (Fsp3) is 0.350. The highest BCUT2D eigenvalue weighted by atomic mass is 32.2. The number of piperazine rings is 1. The summed E-state index contributed by atoms with van der Waals surface area (Å²) in [5.74, 6) is 0.0645. The van der Waals surface area contributed by atoms with Crippen molar-refractivity contribution < 1.29 is 31.2 Å². The zero-order valence-corrected chi connectivity index (χ0v) is 18.6. The number of hydrogen-bond donors (Lipinski definition) is 0. The molecule has 0 amide bonds. The van der Waals surface area contributed by atoms with Crippen LogP contribution in [-0.2, 0) is 21.0 Å². The highest BCUT2D eigenvalue weighted by Gasteiger charge is 2.32. The van der Waals surface area contributed by atoms with Gasteiger partial charge >= 0.3 is 6.18 Å². The molecule has 1 aliphatic heterocycles. The largest absolute Gasteiger partial charge is 0.417 e. The minimum Gasteiger partial charge on any atom is -0.354 e. The Morgan fingerprint density at radius 1 is 1.03 bits per heavy atom. The highest BCUT2D eigenvalue weighted by Crippen LogP contribution is 2.29. The van der Waals surface area contributed by atoms with E-state index in [-0.39, 0.29) is 47.7 Å². The van der Waals surface area contributed by atoms with Crippen LogP contribution in [0.4, 0.5) is 19.0 Å². The first-order valence-corrected chi connectivity index (χ1v) is 12.0. The maximum atomic E-state index is 12.9. The third kappa shape index (κ3) is 5.67. The van der Waals surface area contributed by atoms with E-state index in [4.69, 9.17) is 0 Å². The summed E-state index contributed by atoms with van der Waals surface area (Å²) in [6.45, 7) is 2.19. The van der Waals surface area contributed by atoms with Gasteiger partial charge in [0.1, 0.15) is 5.82 Å². The summed E-state index contributed by atoms with van der Waals surface area (Å²) < 4.78 is 65.2. The number of benzene rings is 1. The number of carbonyl (C=O) groups excluding carboxylic acids is 2. The molecular formula is C20H20F3N3O4S2. The van der Waals surface area contributed by atoms with Crippen molar-refractivity contribution in [3.8, 4) is 0 Å². The zero-order chi connectivity index (χ0) is 23.5. The molecule has 2 heterocycles. The van der Waals surface area contributed by atoms with Gasteiger partial charge in [-0.25, -0.2) is 13.4 Å². The number of alkyl halides is 3. The molecular weight excluding hydrogens is 467 g/mol. The first kappa shape index (κ1) is 24.2. The van der Waals surface area contributed by atoms with Crippen LogP contribution in [0.3, 0.4) is 0 Å². The molecule has 12 heteroatoms. The highest BCUT2D eigenvalue weighted by molar-refractivity contribution is 8.14. The van der Waals surface area contributed by atoms with Gasteiger partial charge in [0.25, 0.3) is 0 Å². The van der Waals surface area contributed by atoms with Crippen LogP contribution in [0.5, 0.6) is 0 Å². The lowest BCUT2D eigenvalue weighted by Crippen LogP contribution is -2.48. The van der Waals surface area contributed by atoms with E-state index >= 15 is 0 Å². The topological polar surface area (TPSA) is 87.6 Å². The monoisotopic (exact) mass is 487 g/mol. The summed E-state index contributed by atoms with van der Waals surface area (Å²) >= 11 is 0.887. The lowest BCUT2D eigenvalue weighted by atomic mass is 10.1. The predicted octanol–water partition coefficient (Wildman–Crippen LogP) is 3.07. The molecule has 32 heavy (non-hydrogen) atoms. The van der Waals surface area contributed by atoms with Crippen molar-refractivity contribution >= 4 is 38.5 Å². The fourth-order valence-corrected chi connectivity index (χ4v) is 5.03. The van der Waals surface area contributed by atoms with Crippen molar-refractivity contribution in [1.82, 2.24) is 9.29 Å². The molecule has 172 valence electrons. The second kappa shape index (κ2) is 9.59. The summed E-state index contributed by atoms with van der Waals surface area (Å²) in [5, 5.41) is -0.178. The summed E-state index contributed by atoms with van der Waals surface area (Å²) in [6, 6.07) is 7.75. The molecule has 0 atom stereocenters. The van der Waals surface area contributed by atoms with Gasteiger partial charge in [0, 0.05) is 44.9 Å². The average molecular weight is 488 g/mol. The van der Waals surface area contributed by atoms with E-state index in [0.29, 0.717) is 11.4 Å². The number of rotatable bonds is 6. The van der Waals surface area contributed by atoms with E-state index < -0.39 is 21.8 Å². The molecule has 0 spiro atoms. The van der Waals surface area contributed by atoms with Crippen molar-refractivity contribution in [2.75, 3.05) is 36.8 Å². The second-order valence-electron chi connectivity index (χ2n) is 7.02. The van der Waals surface area contributed by atoms with Crippen LogP contribution in [0.25, 0.3) is 0 Å². The number of sulfonamides is 1. The Morgan fingerprint density at radius 3 is 2.16 bits per heavy atom. The number of halogens is 3. The Labute approximate surface area is 187 Å². The van der Waals surface area contributed by atoms with Gasteiger partial charge in [-0.15, -0.1) is 0 Å².